The summed E-state index contributed by atoms with van der Waals surface area (Å²) in [4.78, 5) is 33.2. The van der Waals surface area contributed by atoms with E-state index < -0.39 is 0 Å². The zero-order valence-corrected chi connectivity index (χ0v) is 12.8. The fourth-order valence-electron chi connectivity index (χ4n) is 1.86. The second-order valence-corrected chi connectivity index (χ2v) is 4.99. The summed E-state index contributed by atoms with van der Waals surface area (Å²) in [6, 6.07) is 0. The number of hydrogen-bond donors (Lipinski definition) is 0. The number of esters is 2. The van der Waals surface area contributed by atoms with Gasteiger partial charge >= 0.3 is 11.9 Å². The van der Waals surface area contributed by atoms with Gasteiger partial charge in [-0.15, -0.1) is 0 Å². The first kappa shape index (κ1) is 18.6. The van der Waals surface area contributed by atoms with Crippen LogP contribution in [0.3, 0.4) is 0 Å². The minimum Gasteiger partial charge on any atom is -0.469 e. The van der Waals surface area contributed by atoms with Crippen molar-refractivity contribution in [2.75, 3.05) is 13.7 Å². The Bertz CT molecular complexity index is 311. The summed E-state index contributed by atoms with van der Waals surface area (Å²) in [7, 11) is 1.33. The van der Waals surface area contributed by atoms with Crippen LogP contribution >= 0.6 is 0 Å². The van der Waals surface area contributed by atoms with Gasteiger partial charge in [-0.25, -0.2) is 0 Å². The molecular weight excluding hydrogens is 260 g/mol. The molecule has 0 aliphatic carbocycles. The van der Waals surface area contributed by atoms with Crippen molar-refractivity contribution >= 4 is 17.7 Å². The van der Waals surface area contributed by atoms with Crippen LogP contribution in [0.25, 0.3) is 0 Å². The monoisotopic (exact) mass is 286 g/mol. The Hall–Kier alpha value is -1.39. The third-order valence-corrected chi connectivity index (χ3v) is 3.19. The van der Waals surface area contributed by atoms with Gasteiger partial charge in [0.1, 0.15) is 5.78 Å². The molecule has 0 aromatic carbocycles. The molecule has 0 spiro atoms. The maximum atomic E-state index is 11.7. The van der Waals surface area contributed by atoms with Gasteiger partial charge in [0, 0.05) is 19.3 Å². The van der Waals surface area contributed by atoms with Gasteiger partial charge in [-0.2, -0.15) is 0 Å². The molecule has 0 fully saturated rings. The molecule has 0 amide bonds. The Morgan fingerprint density at radius 2 is 1.65 bits per heavy atom. The maximum Gasteiger partial charge on any atom is 0.305 e. The maximum absolute atomic E-state index is 11.7. The molecular formula is C15H26O5. The van der Waals surface area contributed by atoms with Gasteiger partial charge in [0.2, 0.25) is 0 Å². The molecule has 0 N–H and O–H groups in total. The standard InChI is InChI=1S/C15H26O5/c1-12(14(17)9-10-15(18)19-3)8-6-4-5-7-11-20-13(2)16/h12H,4-11H2,1-3H3. The Kier molecular flexibility index (Phi) is 10.6. The number of methoxy groups -OCH3 is 1. The normalized spacial score (nSPS) is 11.8. The zero-order chi connectivity index (χ0) is 15.4. The van der Waals surface area contributed by atoms with Crippen molar-refractivity contribution in [2.45, 2.75) is 58.8 Å². The van der Waals surface area contributed by atoms with Crippen molar-refractivity contribution in [1.29, 1.82) is 0 Å². The number of rotatable bonds is 11. The molecule has 5 heteroatoms. The first-order chi connectivity index (χ1) is 9.47. The van der Waals surface area contributed by atoms with E-state index in [-0.39, 0.29) is 36.5 Å². The average molecular weight is 286 g/mol. The van der Waals surface area contributed by atoms with E-state index in [1.54, 1.807) is 0 Å². The molecule has 0 aromatic rings. The minimum absolute atomic E-state index is 0.00637. The third kappa shape index (κ3) is 10.5. The van der Waals surface area contributed by atoms with Crippen molar-refractivity contribution < 1.29 is 23.9 Å². The zero-order valence-electron chi connectivity index (χ0n) is 12.8. The van der Waals surface area contributed by atoms with Crippen LogP contribution in [0.5, 0.6) is 0 Å². The number of unbranched alkanes of at least 4 members (excludes halogenated alkanes) is 3. The molecule has 1 atom stereocenters. The lowest BCUT2D eigenvalue weighted by atomic mass is 9.96. The van der Waals surface area contributed by atoms with Crippen LogP contribution in [0.15, 0.2) is 0 Å². The van der Waals surface area contributed by atoms with Crippen LogP contribution in [0.2, 0.25) is 0 Å². The number of ketones is 1. The van der Waals surface area contributed by atoms with Gasteiger partial charge in [-0.05, 0) is 12.8 Å². The van der Waals surface area contributed by atoms with Gasteiger partial charge in [0.05, 0.1) is 20.1 Å². The van der Waals surface area contributed by atoms with E-state index in [1.165, 1.54) is 14.0 Å². The van der Waals surface area contributed by atoms with E-state index in [0.29, 0.717) is 6.61 Å². The van der Waals surface area contributed by atoms with Crippen molar-refractivity contribution in [3.8, 4) is 0 Å². The summed E-state index contributed by atoms with van der Waals surface area (Å²) < 4.78 is 9.34. The average Bonchev–Trinajstić information content (AvgIpc) is 2.42. The van der Waals surface area contributed by atoms with Crippen LogP contribution in [0.1, 0.15) is 58.8 Å². The van der Waals surface area contributed by atoms with E-state index in [1.807, 2.05) is 6.92 Å². The highest BCUT2D eigenvalue weighted by Gasteiger charge is 2.14. The Morgan fingerprint density at radius 1 is 1.00 bits per heavy atom. The number of hydrogen-bond acceptors (Lipinski definition) is 5. The quantitative estimate of drug-likeness (QED) is 0.431. The molecule has 0 bridgehead atoms. The van der Waals surface area contributed by atoms with E-state index in [2.05, 4.69) is 4.74 Å². The summed E-state index contributed by atoms with van der Waals surface area (Å²) >= 11 is 0. The van der Waals surface area contributed by atoms with Gasteiger partial charge in [0.15, 0.2) is 0 Å². The summed E-state index contributed by atoms with van der Waals surface area (Å²) in [5.74, 6) is -0.464. The summed E-state index contributed by atoms with van der Waals surface area (Å²) in [5.41, 5.74) is 0. The predicted molar refractivity (Wildman–Crippen MR) is 75.1 cm³/mol. The highest BCUT2D eigenvalue weighted by Crippen LogP contribution is 2.14. The largest absolute Gasteiger partial charge is 0.469 e. The molecule has 0 aliphatic heterocycles. The minimum atomic E-state index is -0.337. The Balaban J connectivity index is 3.52. The fourth-order valence-corrected chi connectivity index (χ4v) is 1.86. The van der Waals surface area contributed by atoms with Crippen LogP contribution in [-0.2, 0) is 23.9 Å². The Labute approximate surface area is 121 Å². The smallest absolute Gasteiger partial charge is 0.305 e. The summed E-state index contributed by atoms with van der Waals surface area (Å²) in [6.07, 6.45) is 5.14. The third-order valence-electron chi connectivity index (χ3n) is 3.19. The van der Waals surface area contributed by atoms with Crippen molar-refractivity contribution in [3.05, 3.63) is 0 Å². The summed E-state index contributed by atoms with van der Waals surface area (Å²) in [6.45, 7) is 3.78. The highest BCUT2D eigenvalue weighted by molar-refractivity contribution is 5.84. The highest BCUT2D eigenvalue weighted by atomic mass is 16.5. The van der Waals surface area contributed by atoms with E-state index in [9.17, 15) is 14.4 Å². The second kappa shape index (κ2) is 11.4. The van der Waals surface area contributed by atoms with Crippen LogP contribution in [0.4, 0.5) is 0 Å². The lowest BCUT2D eigenvalue weighted by molar-refractivity contribution is -0.142. The summed E-state index contributed by atoms with van der Waals surface area (Å²) in [5, 5.41) is 0. The number of Topliss-reactive ketones (excluding diaryl/α,β-unsaturated/α-hetero) is 1. The lowest BCUT2D eigenvalue weighted by Crippen LogP contribution is -2.13. The number of carbonyl (C=O) groups is 3. The van der Waals surface area contributed by atoms with Crippen LogP contribution in [-0.4, -0.2) is 31.4 Å². The predicted octanol–water partition coefficient (Wildman–Crippen LogP) is 2.66. The molecule has 0 aliphatic rings. The van der Waals surface area contributed by atoms with E-state index in [4.69, 9.17) is 4.74 Å². The molecule has 0 heterocycles. The molecule has 5 nitrogen and oxygen atoms in total. The number of carbonyl (C=O) groups excluding carboxylic acids is 3. The molecule has 1 unspecified atom stereocenters. The molecule has 0 saturated heterocycles. The molecule has 116 valence electrons. The lowest BCUT2D eigenvalue weighted by Gasteiger charge is -2.09. The van der Waals surface area contributed by atoms with Crippen molar-refractivity contribution in [1.82, 2.24) is 0 Å². The molecule has 0 radical (unpaired) electrons. The van der Waals surface area contributed by atoms with Gasteiger partial charge < -0.3 is 9.47 Å². The van der Waals surface area contributed by atoms with E-state index in [0.717, 1.165) is 32.1 Å². The van der Waals surface area contributed by atoms with Gasteiger partial charge in [0.25, 0.3) is 0 Å². The molecule has 0 saturated carbocycles. The van der Waals surface area contributed by atoms with Crippen molar-refractivity contribution in [3.63, 3.8) is 0 Å². The first-order valence-electron chi connectivity index (χ1n) is 7.20. The first-order valence-corrected chi connectivity index (χ1v) is 7.20. The van der Waals surface area contributed by atoms with Crippen molar-refractivity contribution in [2.24, 2.45) is 5.92 Å². The van der Waals surface area contributed by atoms with E-state index >= 15 is 0 Å². The Morgan fingerprint density at radius 3 is 2.25 bits per heavy atom. The topological polar surface area (TPSA) is 69.7 Å². The van der Waals surface area contributed by atoms with Gasteiger partial charge in [-0.1, -0.05) is 26.2 Å². The van der Waals surface area contributed by atoms with Crippen LogP contribution < -0.4 is 0 Å². The molecule has 20 heavy (non-hydrogen) atoms. The number of ether oxygens (including phenoxy) is 2. The van der Waals surface area contributed by atoms with Gasteiger partial charge in [-0.3, -0.25) is 14.4 Å². The SMILES string of the molecule is COC(=O)CCC(=O)C(C)CCCCCCOC(C)=O. The molecule has 0 rings (SSSR count). The van der Waals surface area contributed by atoms with Crippen LogP contribution in [0, 0.1) is 5.92 Å². The second-order valence-electron chi connectivity index (χ2n) is 4.99. The fraction of sp³-hybridized carbons (Fsp3) is 0.800. The molecule has 0 aromatic heterocycles.